The van der Waals surface area contributed by atoms with Crippen molar-refractivity contribution in [3.63, 3.8) is 0 Å². The summed E-state index contributed by atoms with van der Waals surface area (Å²) in [5.41, 5.74) is 2.67. The minimum absolute atomic E-state index is 0.0597. The first-order chi connectivity index (χ1) is 22.5. The molecular formula is C37H47F2N3O5. The highest BCUT2D eigenvalue weighted by Crippen LogP contribution is 2.17. The molecule has 2 atom stereocenters. The van der Waals surface area contributed by atoms with E-state index in [9.17, 15) is 28.3 Å². The van der Waals surface area contributed by atoms with Gasteiger partial charge in [-0.25, -0.2) is 8.78 Å². The molecule has 3 aromatic carbocycles. The van der Waals surface area contributed by atoms with Gasteiger partial charge in [-0.3, -0.25) is 14.4 Å². The number of methoxy groups -OCH3 is 1. The molecule has 0 aliphatic carbocycles. The smallest absolute Gasteiger partial charge is 0.253 e. The molecule has 0 aliphatic heterocycles. The van der Waals surface area contributed by atoms with Crippen molar-refractivity contribution in [2.45, 2.75) is 77.9 Å². The van der Waals surface area contributed by atoms with Gasteiger partial charge in [0.2, 0.25) is 5.91 Å². The predicted molar refractivity (Wildman–Crippen MR) is 179 cm³/mol. The molecule has 47 heavy (non-hydrogen) atoms. The van der Waals surface area contributed by atoms with Crippen molar-refractivity contribution in [3.8, 4) is 5.75 Å². The lowest BCUT2D eigenvalue weighted by molar-refractivity contribution is -0.121. The van der Waals surface area contributed by atoms with Crippen LogP contribution >= 0.6 is 0 Å². The van der Waals surface area contributed by atoms with E-state index in [1.54, 1.807) is 31.1 Å². The Morgan fingerprint density at radius 3 is 2.15 bits per heavy atom. The van der Waals surface area contributed by atoms with E-state index in [0.717, 1.165) is 48.8 Å². The lowest BCUT2D eigenvalue weighted by Gasteiger charge is -2.25. The molecule has 0 heterocycles. The van der Waals surface area contributed by atoms with Gasteiger partial charge >= 0.3 is 0 Å². The maximum absolute atomic E-state index is 14.0. The van der Waals surface area contributed by atoms with Crippen LogP contribution in [0, 0.1) is 18.6 Å². The fourth-order valence-electron chi connectivity index (χ4n) is 5.49. The van der Waals surface area contributed by atoms with Gasteiger partial charge in [0.25, 0.3) is 11.8 Å². The Hall–Kier alpha value is -4.31. The SMILES string of the molecule is CCCN(CCC)C(=O)c1cc(C)cc(C(=O)N[C@@H](Cc2cc(F)cc(F)c2)[C@@H](O)CCNC(=O)CCCc2ccc(OC)cc2)c1. The summed E-state index contributed by atoms with van der Waals surface area (Å²) >= 11 is 0. The zero-order valence-electron chi connectivity index (χ0n) is 27.8. The first kappa shape index (κ1) is 37.2. The second kappa shape index (κ2) is 18.7. The molecule has 0 saturated carbocycles. The molecule has 8 nitrogen and oxygen atoms in total. The average Bonchev–Trinajstić information content (AvgIpc) is 3.03. The normalized spacial score (nSPS) is 12.2. The maximum atomic E-state index is 14.0. The van der Waals surface area contributed by atoms with Gasteiger partial charge < -0.3 is 25.4 Å². The van der Waals surface area contributed by atoms with Crippen molar-refractivity contribution in [2.75, 3.05) is 26.7 Å². The summed E-state index contributed by atoms with van der Waals surface area (Å²) in [5, 5.41) is 16.8. The minimum atomic E-state index is -1.15. The number of nitrogens with one attached hydrogen (secondary N) is 2. The Kier molecular flexibility index (Phi) is 14.8. The first-order valence-corrected chi connectivity index (χ1v) is 16.3. The molecule has 0 fully saturated rings. The van der Waals surface area contributed by atoms with Gasteiger partial charge in [-0.1, -0.05) is 26.0 Å². The van der Waals surface area contributed by atoms with Crippen LogP contribution in [0.15, 0.2) is 60.7 Å². The number of carbonyl (C=O) groups is 3. The molecule has 254 valence electrons. The van der Waals surface area contributed by atoms with Gasteiger partial charge in [0.15, 0.2) is 0 Å². The van der Waals surface area contributed by atoms with Gasteiger partial charge in [-0.2, -0.15) is 0 Å². The molecule has 3 rings (SSSR count). The largest absolute Gasteiger partial charge is 0.497 e. The van der Waals surface area contributed by atoms with Crippen molar-refractivity contribution >= 4 is 17.7 Å². The molecule has 3 aromatic rings. The number of aliphatic hydroxyl groups excluding tert-OH is 1. The molecular weight excluding hydrogens is 604 g/mol. The molecule has 3 amide bonds. The van der Waals surface area contributed by atoms with Crippen molar-refractivity contribution in [1.82, 2.24) is 15.5 Å². The second-order valence-corrected chi connectivity index (χ2v) is 11.8. The van der Waals surface area contributed by atoms with E-state index in [1.165, 1.54) is 6.07 Å². The number of amides is 3. The summed E-state index contributed by atoms with van der Waals surface area (Å²) in [5.74, 6) is -1.65. The molecule has 0 unspecified atom stereocenters. The summed E-state index contributed by atoms with van der Waals surface area (Å²) in [4.78, 5) is 41.0. The zero-order valence-corrected chi connectivity index (χ0v) is 27.8. The third-order valence-electron chi connectivity index (χ3n) is 7.81. The van der Waals surface area contributed by atoms with Gasteiger partial charge in [-0.05, 0) is 105 Å². The quantitative estimate of drug-likeness (QED) is 0.162. The zero-order chi connectivity index (χ0) is 34.3. The van der Waals surface area contributed by atoms with Crippen LogP contribution in [0.2, 0.25) is 0 Å². The van der Waals surface area contributed by atoms with E-state index in [4.69, 9.17) is 4.74 Å². The standard InChI is InChI=1S/C37H47F2N3O5/c1-5-16-42(17-6-2)37(46)29-19-25(3)18-28(23-29)36(45)41-33(22-27-20-30(38)24-31(39)21-27)34(43)14-15-40-35(44)9-7-8-26-10-12-32(47-4)13-11-26/h10-13,18-21,23-24,33-34,43H,5-9,14-17,22H2,1-4H3,(H,40,44)(H,41,45)/t33-,34-/m0/s1. The fraction of sp³-hybridized carbons (Fsp3) is 0.432. The molecule has 0 aliphatic rings. The summed E-state index contributed by atoms with van der Waals surface area (Å²) in [6.07, 6.45) is 2.14. The van der Waals surface area contributed by atoms with Crippen LogP contribution in [0.3, 0.4) is 0 Å². The van der Waals surface area contributed by atoms with E-state index < -0.39 is 29.7 Å². The van der Waals surface area contributed by atoms with Gasteiger partial charge in [0.05, 0.1) is 19.3 Å². The number of benzene rings is 3. The number of rotatable bonds is 18. The lowest BCUT2D eigenvalue weighted by Crippen LogP contribution is -2.46. The van der Waals surface area contributed by atoms with Crippen LogP contribution in [0.5, 0.6) is 5.75 Å². The molecule has 10 heteroatoms. The van der Waals surface area contributed by atoms with Crippen LogP contribution in [-0.4, -0.2) is 66.6 Å². The van der Waals surface area contributed by atoms with E-state index >= 15 is 0 Å². The van der Waals surface area contributed by atoms with Gasteiger partial charge in [0, 0.05) is 43.2 Å². The van der Waals surface area contributed by atoms with Crippen molar-refractivity contribution in [3.05, 3.63) is 100 Å². The Morgan fingerprint density at radius 1 is 0.894 bits per heavy atom. The highest BCUT2D eigenvalue weighted by molar-refractivity contribution is 6.00. The Balaban J connectivity index is 1.67. The van der Waals surface area contributed by atoms with Gasteiger partial charge in [-0.15, -0.1) is 0 Å². The van der Waals surface area contributed by atoms with Crippen LogP contribution in [0.1, 0.15) is 83.4 Å². The van der Waals surface area contributed by atoms with Gasteiger partial charge in [0.1, 0.15) is 17.4 Å². The average molecular weight is 652 g/mol. The molecule has 3 N–H and O–H groups in total. The summed E-state index contributed by atoms with van der Waals surface area (Å²) in [6.45, 7) is 7.12. The van der Waals surface area contributed by atoms with Crippen molar-refractivity contribution in [2.24, 2.45) is 0 Å². The second-order valence-electron chi connectivity index (χ2n) is 11.8. The third-order valence-corrected chi connectivity index (χ3v) is 7.81. The number of aryl methyl sites for hydroxylation is 2. The monoisotopic (exact) mass is 651 g/mol. The van der Waals surface area contributed by atoms with Crippen molar-refractivity contribution in [1.29, 1.82) is 0 Å². The number of aliphatic hydroxyl groups is 1. The Morgan fingerprint density at radius 2 is 1.53 bits per heavy atom. The number of hydrogen-bond acceptors (Lipinski definition) is 5. The van der Waals surface area contributed by atoms with E-state index in [2.05, 4.69) is 10.6 Å². The molecule has 0 radical (unpaired) electrons. The van der Waals surface area contributed by atoms with Crippen LogP contribution in [0.4, 0.5) is 8.78 Å². The number of halogens is 2. The summed E-state index contributed by atoms with van der Waals surface area (Å²) in [7, 11) is 1.60. The number of carbonyl (C=O) groups excluding carboxylic acids is 3. The summed E-state index contributed by atoms with van der Waals surface area (Å²) in [6, 6.07) is 14.7. The topological polar surface area (TPSA) is 108 Å². The van der Waals surface area contributed by atoms with E-state index in [-0.39, 0.29) is 42.3 Å². The summed E-state index contributed by atoms with van der Waals surface area (Å²) < 4.78 is 33.2. The van der Waals surface area contributed by atoms with Crippen molar-refractivity contribution < 1.29 is 33.0 Å². The highest BCUT2D eigenvalue weighted by Gasteiger charge is 2.24. The maximum Gasteiger partial charge on any atom is 0.253 e. The number of hydrogen-bond donors (Lipinski definition) is 3. The molecule has 0 bridgehead atoms. The first-order valence-electron chi connectivity index (χ1n) is 16.3. The number of nitrogens with zero attached hydrogens (tertiary/aromatic N) is 1. The number of ether oxygens (including phenoxy) is 1. The molecule has 0 saturated heterocycles. The van der Waals surface area contributed by atoms with Crippen LogP contribution < -0.4 is 15.4 Å². The highest BCUT2D eigenvalue weighted by atomic mass is 19.1. The minimum Gasteiger partial charge on any atom is -0.497 e. The van der Waals surface area contributed by atoms with Crippen LogP contribution in [-0.2, 0) is 17.6 Å². The Bertz CT molecular complexity index is 1460. The Labute approximate surface area is 276 Å². The molecule has 0 spiro atoms. The molecule has 0 aromatic heterocycles. The van der Waals surface area contributed by atoms with E-state index in [0.29, 0.717) is 37.1 Å². The van der Waals surface area contributed by atoms with Crippen LogP contribution in [0.25, 0.3) is 0 Å². The van der Waals surface area contributed by atoms with E-state index in [1.807, 2.05) is 38.1 Å². The predicted octanol–water partition coefficient (Wildman–Crippen LogP) is 5.78. The third kappa shape index (κ3) is 12.1. The fourth-order valence-corrected chi connectivity index (χ4v) is 5.49. The lowest BCUT2D eigenvalue weighted by atomic mass is 9.97.